The summed E-state index contributed by atoms with van der Waals surface area (Å²) in [6.45, 7) is 1.69. The number of nitrogens with zero attached hydrogens (tertiary/aromatic N) is 2. The van der Waals surface area contributed by atoms with Crippen molar-refractivity contribution in [3.63, 3.8) is 0 Å². The van der Waals surface area contributed by atoms with Crippen LogP contribution in [0.1, 0.15) is 15.2 Å². The number of nitrogens with one attached hydrogen (secondary N) is 1. The van der Waals surface area contributed by atoms with Gasteiger partial charge in [-0.05, 0) is 30.2 Å². The van der Waals surface area contributed by atoms with Gasteiger partial charge in [-0.3, -0.25) is 4.68 Å². The van der Waals surface area contributed by atoms with E-state index < -0.39 is 0 Å². The summed E-state index contributed by atoms with van der Waals surface area (Å²) >= 11 is 1.37. The quantitative estimate of drug-likeness (QED) is 0.530. The fourth-order valence-electron chi connectivity index (χ4n) is 3.21. The molecule has 8 heteroatoms. The van der Waals surface area contributed by atoms with Crippen LogP contribution in [0.25, 0.3) is 10.6 Å². The molecule has 0 aliphatic carbocycles. The second-order valence-electron chi connectivity index (χ2n) is 6.77. The largest absolute Gasteiger partial charge is 0.465 e. The zero-order chi connectivity index (χ0) is 20.8. The molecule has 0 radical (unpaired) electrons. The number of aromatic nitrogens is 2. The van der Waals surface area contributed by atoms with E-state index in [2.05, 4.69) is 22.5 Å². The standard InChI is InChI=1S/C22H23N3O4S/c1-27-22(26)21-8-7-20(30-21)17-9-11-25(24-17)12-10-23-18(19-14-28-15-29-19)13-16-5-3-2-4-6-16/h2-9,11,14,18,23H,10,12-13,15H2,1H3. The van der Waals surface area contributed by atoms with E-state index in [-0.39, 0.29) is 18.8 Å². The molecule has 30 heavy (non-hydrogen) atoms. The molecule has 2 aromatic heterocycles. The highest BCUT2D eigenvalue weighted by atomic mass is 32.1. The predicted molar refractivity (Wildman–Crippen MR) is 114 cm³/mol. The van der Waals surface area contributed by atoms with Crippen molar-refractivity contribution < 1.29 is 19.0 Å². The van der Waals surface area contributed by atoms with Crippen molar-refractivity contribution in [2.75, 3.05) is 20.4 Å². The lowest BCUT2D eigenvalue weighted by atomic mass is 10.0. The Kier molecular flexibility index (Phi) is 6.46. The molecule has 1 aromatic carbocycles. The van der Waals surface area contributed by atoms with Gasteiger partial charge in [0.05, 0.1) is 24.6 Å². The summed E-state index contributed by atoms with van der Waals surface area (Å²) in [6.07, 6.45) is 4.43. The van der Waals surface area contributed by atoms with Crippen molar-refractivity contribution >= 4 is 17.3 Å². The third-order valence-corrected chi connectivity index (χ3v) is 5.82. The van der Waals surface area contributed by atoms with Gasteiger partial charge in [0.25, 0.3) is 0 Å². The Morgan fingerprint density at radius 1 is 1.27 bits per heavy atom. The van der Waals surface area contributed by atoms with Crippen LogP contribution in [0.2, 0.25) is 0 Å². The van der Waals surface area contributed by atoms with Crippen LogP contribution in [0, 0.1) is 0 Å². The SMILES string of the molecule is COC(=O)c1ccc(-c2ccn(CCNC(Cc3ccccc3)C3=COCO3)n2)s1. The maximum Gasteiger partial charge on any atom is 0.348 e. The van der Waals surface area contributed by atoms with Crippen LogP contribution in [-0.2, 0) is 27.2 Å². The molecule has 4 rings (SSSR count). The monoisotopic (exact) mass is 425 g/mol. The maximum atomic E-state index is 11.6. The lowest BCUT2D eigenvalue weighted by molar-refractivity contribution is 0.0606. The molecular formula is C22H23N3O4S. The maximum absolute atomic E-state index is 11.6. The highest BCUT2D eigenvalue weighted by Gasteiger charge is 2.20. The number of benzene rings is 1. The van der Waals surface area contributed by atoms with Crippen LogP contribution in [0.5, 0.6) is 0 Å². The highest BCUT2D eigenvalue weighted by Crippen LogP contribution is 2.27. The van der Waals surface area contributed by atoms with Crippen molar-refractivity contribution in [1.82, 2.24) is 15.1 Å². The Balaban J connectivity index is 1.35. The van der Waals surface area contributed by atoms with E-state index in [1.165, 1.54) is 24.0 Å². The zero-order valence-electron chi connectivity index (χ0n) is 16.6. The van der Waals surface area contributed by atoms with Crippen molar-refractivity contribution in [1.29, 1.82) is 0 Å². The predicted octanol–water partition coefficient (Wildman–Crippen LogP) is 3.44. The minimum Gasteiger partial charge on any atom is -0.465 e. The summed E-state index contributed by atoms with van der Waals surface area (Å²) < 4.78 is 17.5. The second-order valence-corrected chi connectivity index (χ2v) is 7.85. The number of carbonyl (C=O) groups excluding carboxylic acids is 1. The van der Waals surface area contributed by atoms with Crippen molar-refractivity contribution in [3.05, 3.63) is 77.2 Å². The van der Waals surface area contributed by atoms with Crippen LogP contribution in [0.4, 0.5) is 0 Å². The number of hydrogen-bond acceptors (Lipinski definition) is 7. The number of methoxy groups -OCH3 is 1. The molecule has 1 unspecified atom stereocenters. The third kappa shape index (κ3) is 4.90. The molecule has 0 spiro atoms. The van der Waals surface area contributed by atoms with Crippen molar-refractivity contribution in [2.45, 2.75) is 19.0 Å². The minimum absolute atomic E-state index is 0.0323. The van der Waals surface area contributed by atoms with Crippen LogP contribution >= 0.6 is 11.3 Å². The summed E-state index contributed by atoms with van der Waals surface area (Å²) in [5.41, 5.74) is 2.07. The number of ether oxygens (including phenoxy) is 3. The van der Waals surface area contributed by atoms with Gasteiger partial charge in [-0.15, -0.1) is 11.3 Å². The topological polar surface area (TPSA) is 74.6 Å². The fourth-order valence-corrected chi connectivity index (χ4v) is 4.10. The summed E-state index contributed by atoms with van der Waals surface area (Å²) in [7, 11) is 1.38. The highest BCUT2D eigenvalue weighted by molar-refractivity contribution is 7.17. The molecule has 0 saturated heterocycles. The van der Waals surface area contributed by atoms with E-state index in [9.17, 15) is 4.79 Å². The summed E-state index contributed by atoms with van der Waals surface area (Å²) in [5, 5.41) is 8.16. The van der Waals surface area contributed by atoms with E-state index >= 15 is 0 Å². The van der Waals surface area contributed by atoms with Crippen LogP contribution < -0.4 is 5.32 Å². The first-order valence-electron chi connectivity index (χ1n) is 9.66. The zero-order valence-corrected chi connectivity index (χ0v) is 17.4. The molecule has 3 heterocycles. The lowest BCUT2D eigenvalue weighted by Gasteiger charge is -2.18. The molecule has 1 atom stereocenters. The molecule has 0 bridgehead atoms. The Labute approximate surface area is 178 Å². The Hall–Kier alpha value is -3.10. The molecular weight excluding hydrogens is 402 g/mol. The molecule has 3 aromatic rings. The van der Waals surface area contributed by atoms with Crippen LogP contribution in [0.15, 0.2) is 66.7 Å². The van der Waals surface area contributed by atoms with Crippen LogP contribution in [0.3, 0.4) is 0 Å². The van der Waals surface area contributed by atoms with Gasteiger partial charge >= 0.3 is 5.97 Å². The first-order valence-corrected chi connectivity index (χ1v) is 10.5. The summed E-state index contributed by atoms with van der Waals surface area (Å²) in [4.78, 5) is 13.1. The van der Waals surface area contributed by atoms with E-state index in [0.29, 0.717) is 11.4 Å². The smallest absolute Gasteiger partial charge is 0.348 e. The average molecular weight is 426 g/mol. The van der Waals surface area contributed by atoms with Gasteiger partial charge in [0, 0.05) is 12.7 Å². The molecule has 0 amide bonds. The number of carbonyl (C=O) groups is 1. The average Bonchev–Trinajstić information content (AvgIpc) is 3.54. The van der Waals surface area contributed by atoms with Gasteiger partial charge in [0.1, 0.15) is 16.8 Å². The number of rotatable bonds is 9. The van der Waals surface area contributed by atoms with E-state index in [1.807, 2.05) is 41.2 Å². The molecule has 1 aliphatic rings. The summed E-state index contributed by atoms with van der Waals surface area (Å²) in [5.74, 6) is 0.487. The first kappa shape index (κ1) is 20.2. The molecule has 7 nitrogen and oxygen atoms in total. The Morgan fingerprint density at radius 3 is 2.90 bits per heavy atom. The van der Waals surface area contributed by atoms with Crippen LogP contribution in [-0.4, -0.2) is 42.2 Å². The molecule has 0 saturated carbocycles. The number of esters is 1. The van der Waals surface area contributed by atoms with E-state index in [1.54, 1.807) is 12.3 Å². The first-order chi connectivity index (χ1) is 14.7. The van der Waals surface area contributed by atoms with Gasteiger partial charge < -0.3 is 19.5 Å². The summed E-state index contributed by atoms with van der Waals surface area (Å²) in [6, 6.07) is 15.9. The van der Waals surface area contributed by atoms with Crippen molar-refractivity contribution in [3.8, 4) is 10.6 Å². The second kappa shape index (κ2) is 9.60. The van der Waals surface area contributed by atoms with Crippen molar-refractivity contribution in [2.24, 2.45) is 0 Å². The van der Waals surface area contributed by atoms with E-state index in [4.69, 9.17) is 14.2 Å². The van der Waals surface area contributed by atoms with Gasteiger partial charge in [0.2, 0.25) is 6.79 Å². The Morgan fingerprint density at radius 2 is 2.13 bits per heavy atom. The van der Waals surface area contributed by atoms with Gasteiger partial charge in [-0.1, -0.05) is 30.3 Å². The van der Waals surface area contributed by atoms with Gasteiger partial charge in [-0.2, -0.15) is 5.10 Å². The van der Waals surface area contributed by atoms with E-state index in [0.717, 1.165) is 29.3 Å². The Bertz CT molecular complexity index is 1010. The third-order valence-electron chi connectivity index (χ3n) is 4.74. The van der Waals surface area contributed by atoms with Gasteiger partial charge in [-0.25, -0.2) is 4.79 Å². The molecule has 1 aliphatic heterocycles. The minimum atomic E-state index is -0.327. The molecule has 1 N–H and O–H groups in total. The number of thiophene rings is 1. The van der Waals surface area contributed by atoms with Gasteiger partial charge in [0.15, 0.2) is 5.76 Å². The fraction of sp³-hybridized carbons (Fsp3) is 0.273. The lowest BCUT2D eigenvalue weighted by Crippen LogP contribution is -2.35. The molecule has 0 fully saturated rings. The number of hydrogen-bond donors (Lipinski definition) is 1. The molecule has 156 valence electrons. The normalized spacial score (nSPS) is 14.0.